The van der Waals surface area contributed by atoms with Gasteiger partial charge in [-0.2, -0.15) is 0 Å². The Morgan fingerprint density at radius 2 is 1.93 bits per heavy atom. The van der Waals surface area contributed by atoms with E-state index in [0.717, 1.165) is 0 Å². The number of nitrogens with two attached hydrogens (primary N) is 1. The summed E-state index contributed by atoms with van der Waals surface area (Å²) < 4.78 is 0. The van der Waals surface area contributed by atoms with Crippen LogP contribution in [0.2, 0.25) is 0 Å². The number of carbonyl (C=O) groups is 2. The Balaban J connectivity index is 1.27. The van der Waals surface area contributed by atoms with E-state index in [1.54, 1.807) is 24.3 Å². The van der Waals surface area contributed by atoms with E-state index >= 15 is 0 Å². The van der Waals surface area contributed by atoms with Gasteiger partial charge < -0.3 is 47.2 Å². The number of carboxylic acid groups (broad SMARTS) is 1. The third-order valence-corrected chi connectivity index (χ3v) is 6.22. The molecule has 40 heavy (non-hydrogen) atoms. The summed E-state index contributed by atoms with van der Waals surface area (Å²) in [7, 11) is 0. The summed E-state index contributed by atoms with van der Waals surface area (Å²) in [5, 5.41) is 63.5. The first kappa shape index (κ1) is 28.9. The molecule has 0 aliphatic carbocycles. The maximum Gasteiger partial charge on any atom is 0.322 e. The van der Waals surface area contributed by atoms with Crippen molar-refractivity contribution in [2.45, 2.75) is 30.6 Å². The molecule has 2 aromatic rings. The molecule has 5 unspecified atom stereocenters. The average molecular weight is 557 g/mol. The quantitative estimate of drug-likeness (QED) is 0.134. The van der Waals surface area contributed by atoms with Crippen molar-refractivity contribution in [1.29, 1.82) is 0 Å². The third kappa shape index (κ3) is 7.29. The number of aliphatic imine (C=N–C) groups is 2. The van der Waals surface area contributed by atoms with Gasteiger partial charge in [0.25, 0.3) is 0 Å². The van der Waals surface area contributed by atoms with Crippen LogP contribution in [0, 0.1) is 0 Å². The first-order valence-electron chi connectivity index (χ1n) is 12.5. The molecule has 214 valence electrons. The molecule has 5 atom stereocenters. The van der Waals surface area contributed by atoms with E-state index in [9.17, 15) is 35.1 Å². The van der Waals surface area contributed by atoms with E-state index in [1.165, 1.54) is 18.2 Å². The van der Waals surface area contributed by atoms with E-state index in [2.05, 4.69) is 36.6 Å². The lowest BCUT2D eigenvalue weighted by Gasteiger charge is -2.22. The molecule has 12 N–H and O–H groups in total. The van der Waals surface area contributed by atoms with Crippen LogP contribution in [-0.2, 0) is 9.59 Å². The number of phenolic OH excluding ortho intramolecular Hbond substituents is 1. The number of aliphatic carboxylic acids is 1. The van der Waals surface area contributed by atoms with E-state index in [4.69, 9.17) is 5.73 Å². The molecule has 4 rings (SSSR count). The number of aliphatic hydroxyl groups is 3. The van der Waals surface area contributed by atoms with Crippen LogP contribution in [-0.4, -0.2) is 93.6 Å². The highest BCUT2D eigenvalue weighted by Gasteiger charge is 2.31. The minimum absolute atomic E-state index is 0.148. The van der Waals surface area contributed by atoms with Gasteiger partial charge in [0.2, 0.25) is 5.91 Å². The predicted molar refractivity (Wildman–Crippen MR) is 145 cm³/mol. The number of β-amino-alcohol motifs (C(OH)–C–C–N with tert-alkyl or cyclic N) is 1. The van der Waals surface area contributed by atoms with Crippen molar-refractivity contribution in [3.8, 4) is 5.75 Å². The van der Waals surface area contributed by atoms with Crippen molar-refractivity contribution in [1.82, 2.24) is 21.3 Å². The number of anilines is 1. The number of benzene rings is 2. The number of hydrogen-bond acceptors (Lipinski definition) is 13. The van der Waals surface area contributed by atoms with Crippen LogP contribution in [0.15, 0.2) is 52.4 Å². The number of hydrogen-bond donors (Lipinski definition) is 11. The van der Waals surface area contributed by atoms with Gasteiger partial charge in [-0.25, -0.2) is 0 Å². The molecular formula is C25H32N8O7. The summed E-state index contributed by atoms with van der Waals surface area (Å²) in [5.74, 6) is -1.70. The molecule has 2 aliphatic heterocycles. The number of fused-ring (bicyclic) bond motifs is 1. The summed E-state index contributed by atoms with van der Waals surface area (Å²) in [6.45, 7) is -0.228. The van der Waals surface area contributed by atoms with E-state index < -0.39 is 42.5 Å². The number of nitrogens with one attached hydrogen (secondary N) is 5. The van der Waals surface area contributed by atoms with Crippen LogP contribution in [0.25, 0.3) is 0 Å². The van der Waals surface area contributed by atoms with Crippen LogP contribution in [0.5, 0.6) is 5.75 Å². The Morgan fingerprint density at radius 1 is 1.15 bits per heavy atom. The van der Waals surface area contributed by atoms with Gasteiger partial charge >= 0.3 is 5.97 Å². The number of carbonyl (C=O) groups excluding carboxylic acids is 1. The van der Waals surface area contributed by atoms with E-state index in [1.807, 2.05) is 0 Å². The molecule has 0 saturated carbocycles. The van der Waals surface area contributed by atoms with Gasteiger partial charge in [-0.15, -0.1) is 0 Å². The normalized spacial score (nSPS) is 20.3. The Morgan fingerprint density at radius 3 is 2.62 bits per heavy atom. The topological polar surface area (TPSA) is 246 Å². The zero-order valence-electron chi connectivity index (χ0n) is 21.3. The lowest BCUT2D eigenvalue weighted by molar-refractivity contribution is -0.140. The highest BCUT2D eigenvalue weighted by atomic mass is 16.4. The van der Waals surface area contributed by atoms with Crippen LogP contribution >= 0.6 is 0 Å². The van der Waals surface area contributed by atoms with Gasteiger partial charge in [-0.05, 0) is 18.2 Å². The summed E-state index contributed by atoms with van der Waals surface area (Å²) in [4.78, 5) is 32.5. The number of guanidine groups is 1. The van der Waals surface area contributed by atoms with Crippen molar-refractivity contribution < 1.29 is 35.1 Å². The molecular weight excluding hydrogens is 524 g/mol. The summed E-state index contributed by atoms with van der Waals surface area (Å²) >= 11 is 0. The highest BCUT2D eigenvalue weighted by Crippen LogP contribution is 2.32. The summed E-state index contributed by atoms with van der Waals surface area (Å²) in [6, 6.07) is 9.23. The van der Waals surface area contributed by atoms with Gasteiger partial charge in [0.05, 0.1) is 36.6 Å². The standard InChI is InChI=1S/C25H32N8O7/c26-20-16-3-1-2-4-17(16)32-21(20)23(38)33-18(24(39)40)10-27-19(36)11-28-22(37)12-5-13(7-14(34)6-12)31-25-29-8-15(35)9-30-25/h1-7,15,18,20,22-23,28,33-35,37-38H,8-11,26H2,(H,27,36)(H,39,40)(H2,29,30,31). The zero-order chi connectivity index (χ0) is 28.8. The molecule has 0 spiro atoms. The van der Waals surface area contributed by atoms with Crippen molar-refractivity contribution in [3.63, 3.8) is 0 Å². The summed E-state index contributed by atoms with van der Waals surface area (Å²) in [5.41, 5.74) is 8.24. The largest absolute Gasteiger partial charge is 0.508 e. The van der Waals surface area contributed by atoms with Crippen molar-refractivity contribution >= 4 is 34.9 Å². The maximum absolute atomic E-state index is 12.4. The second-order valence-electron chi connectivity index (χ2n) is 9.28. The molecule has 2 heterocycles. The Labute approximate surface area is 228 Å². The van der Waals surface area contributed by atoms with Gasteiger partial charge in [0.15, 0.2) is 5.96 Å². The first-order chi connectivity index (χ1) is 19.1. The zero-order valence-corrected chi connectivity index (χ0v) is 21.3. The van der Waals surface area contributed by atoms with Gasteiger partial charge in [0, 0.05) is 36.0 Å². The number of para-hydroxylation sites is 1. The van der Waals surface area contributed by atoms with E-state index in [-0.39, 0.29) is 36.7 Å². The molecule has 0 radical (unpaired) electrons. The third-order valence-electron chi connectivity index (χ3n) is 6.22. The molecule has 0 fully saturated rings. The summed E-state index contributed by atoms with van der Waals surface area (Å²) in [6.07, 6.45) is -3.40. The smallest absolute Gasteiger partial charge is 0.322 e. The Hall–Kier alpha value is -4.12. The number of phenols is 1. The molecule has 1 amide bonds. The molecule has 0 saturated heterocycles. The lowest BCUT2D eigenvalue weighted by Crippen LogP contribution is -2.54. The number of amides is 1. The van der Waals surface area contributed by atoms with Gasteiger partial charge in [0.1, 0.15) is 24.2 Å². The van der Waals surface area contributed by atoms with Crippen LogP contribution < -0.4 is 32.3 Å². The van der Waals surface area contributed by atoms with Crippen molar-refractivity contribution in [2.75, 3.05) is 31.5 Å². The van der Waals surface area contributed by atoms with Crippen LogP contribution in [0.3, 0.4) is 0 Å². The second kappa shape index (κ2) is 12.8. The van der Waals surface area contributed by atoms with Gasteiger partial charge in [-0.1, -0.05) is 18.2 Å². The molecule has 15 heteroatoms. The van der Waals surface area contributed by atoms with Crippen LogP contribution in [0.1, 0.15) is 23.4 Å². The minimum Gasteiger partial charge on any atom is -0.508 e. The molecule has 2 aromatic carbocycles. The number of carboxylic acids is 1. The Kier molecular flexibility index (Phi) is 9.26. The lowest BCUT2D eigenvalue weighted by atomic mass is 10.0. The number of aliphatic hydroxyl groups excluding tert-OH is 3. The fraction of sp³-hybridized carbons (Fsp3) is 0.360. The molecule has 2 aliphatic rings. The second-order valence-corrected chi connectivity index (χ2v) is 9.28. The molecule has 0 bridgehead atoms. The molecule has 15 nitrogen and oxygen atoms in total. The fourth-order valence-corrected chi connectivity index (χ4v) is 4.15. The number of aromatic hydroxyl groups is 1. The SMILES string of the molecule is NC1C(C(O)NC(CNC(=O)CNC(O)c2cc(O)cc(NC3=NCC(O)CN3)c2)C(=O)O)=Nc2ccccc21. The first-order valence-corrected chi connectivity index (χ1v) is 12.5. The number of nitrogens with zero attached hydrogens (tertiary/aromatic N) is 2. The molecule has 0 aromatic heterocycles. The fourth-order valence-electron chi connectivity index (χ4n) is 4.15. The Bertz CT molecular complexity index is 1300. The minimum atomic E-state index is -1.46. The van der Waals surface area contributed by atoms with Gasteiger partial charge in [-0.3, -0.25) is 30.2 Å². The van der Waals surface area contributed by atoms with E-state index in [0.29, 0.717) is 29.4 Å². The van der Waals surface area contributed by atoms with Crippen molar-refractivity contribution in [3.05, 3.63) is 53.6 Å². The average Bonchev–Trinajstić information content (AvgIpc) is 3.27. The van der Waals surface area contributed by atoms with Crippen LogP contribution in [0.4, 0.5) is 11.4 Å². The highest BCUT2D eigenvalue weighted by molar-refractivity contribution is 6.00. The maximum atomic E-state index is 12.4. The number of rotatable bonds is 11. The van der Waals surface area contributed by atoms with Crippen molar-refractivity contribution in [2.24, 2.45) is 15.7 Å². The predicted octanol–water partition coefficient (Wildman–Crippen LogP) is -2.03. The monoisotopic (exact) mass is 556 g/mol.